The molecule has 74 valence electrons. The number of pyridine rings is 1. The molecule has 0 saturated heterocycles. The molecule has 1 atom stereocenters. The van der Waals surface area contributed by atoms with E-state index in [9.17, 15) is 0 Å². The van der Waals surface area contributed by atoms with E-state index in [0.29, 0.717) is 0 Å². The van der Waals surface area contributed by atoms with Crippen LogP contribution in [0.5, 0.6) is 0 Å². The van der Waals surface area contributed by atoms with Crippen molar-refractivity contribution in [1.82, 2.24) is 4.98 Å². The van der Waals surface area contributed by atoms with Gasteiger partial charge in [0.2, 0.25) is 0 Å². The van der Waals surface area contributed by atoms with E-state index in [1.165, 1.54) is 11.1 Å². The molecule has 0 fully saturated rings. The summed E-state index contributed by atoms with van der Waals surface area (Å²) in [7, 11) is 0. The number of halogens is 1. The fourth-order valence-corrected chi connectivity index (χ4v) is 2.94. The SMILES string of the molecule is Nc1ccnc2c1C(Br)c1ccccc1-2. The summed E-state index contributed by atoms with van der Waals surface area (Å²) in [6.07, 6.45) is 1.76. The highest BCUT2D eigenvalue weighted by molar-refractivity contribution is 9.09. The topological polar surface area (TPSA) is 38.9 Å². The van der Waals surface area contributed by atoms with Crippen LogP contribution in [0.1, 0.15) is 16.0 Å². The number of benzene rings is 1. The Bertz CT molecular complexity index is 537. The molecule has 3 heteroatoms. The minimum Gasteiger partial charge on any atom is -0.398 e. The maximum atomic E-state index is 5.97. The first-order chi connectivity index (χ1) is 7.29. The van der Waals surface area contributed by atoms with Crippen LogP contribution in [0.4, 0.5) is 5.69 Å². The number of nitrogens with two attached hydrogens (primary N) is 1. The molecule has 0 spiro atoms. The fourth-order valence-electron chi connectivity index (χ4n) is 2.06. The van der Waals surface area contributed by atoms with Crippen LogP contribution in [-0.4, -0.2) is 4.98 Å². The van der Waals surface area contributed by atoms with Gasteiger partial charge in [0.1, 0.15) is 0 Å². The van der Waals surface area contributed by atoms with Gasteiger partial charge < -0.3 is 5.73 Å². The highest BCUT2D eigenvalue weighted by Gasteiger charge is 2.28. The number of aromatic nitrogens is 1. The lowest BCUT2D eigenvalue weighted by Gasteiger charge is -2.06. The van der Waals surface area contributed by atoms with Crippen LogP contribution < -0.4 is 5.73 Å². The molecular formula is C12H9BrN2. The second-order valence-corrected chi connectivity index (χ2v) is 4.53. The second kappa shape index (κ2) is 3.07. The highest BCUT2D eigenvalue weighted by Crippen LogP contribution is 2.48. The zero-order valence-corrected chi connectivity index (χ0v) is 9.53. The number of rotatable bonds is 0. The van der Waals surface area contributed by atoms with E-state index in [2.05, 4.69) is 33.0 Å². The van der Waals surface area contributed by atoms with Crippen LogP contribution >= 0.6 is 15.9 Å². The first-order valence-electron chi connectivity index (χ1n) is 4.77. The average molecular weight is 261 g/mol. The fraction of sp³-hybridized carbons (Fsp3) is 0.0833. The number of fused-ring (bicyclic) bond motifs is 3. The van der Waals surface area contributed by atoms with Crippen LogP contribution in [0.25, 0.3) is 11.3 Å². The van der Waals surface area contributed by atoms with Crippen LogP contribution in [-0.2, 0) is 0 Å². The highest BCUT2D eigenvalue weighted by atomic mass is 79.9. The first kappa shape index (κ1) is 8.92. The molecular weight excluding hydrogens is 252 g/mol. The molecule has 0 saturated carbocycles. The van der Waals surface area contributed by atoms with Gasteiger partial charge in [-0.2, -0.15) is 0 Å². The second-order valence-electron chi connectivity index (χ2n) is 3.61. The lowest BCUT2D eigenvalue weighted by molar-refractivity contribution is 1.22. The van der Waals surface area contributed by atoms with E-state index < -0.39 is 0 Å². The molecule has 3 rings (SSSR count). The Labute approximate surface area is 96.3 Å². The van der Waals surface area contributed by atoms with Gasteiger partial charge in [-0.1, -0.05) is 40.2 Å². The van der Waals surface area contributed by atoms with Crippen molar-refractivity contribution in [1.29, 1.82) is 0 Å². The van der Waals surface area contributed by atoms with Crippen LogP contribution in [0.3, 0.4) is 0 Å². The van der Waals surface area contributed by atoms with Crippen molar-refractivity contribution < 1.29 is 0 Å². The number of nitrogen functional groups attached to an aromatic ring is 1. The summed E-state index contributed by atoms with van der Waals surface area (Å²) in [4.78, 5) is 4.58. The van der Waals surface area contributed by atoms with Gasteiger partial charge in [-0.3, -0.25) is 4.98 Å². The van der Waals surface area contributed by atoms with Crippen molar-refractivity contribution in [2.75, 3.05) is 5.73 Å². The van der Waals surface area contributed by atoms with E-state index in [0.717, 1.165) is 16.9 Å². The summed E-state index contributed by atoms with van der Waals surface area (Å²) < 4.78 is 0. The maximum Gasteiger partial charge on any atom is 0.0772 e. The third-order valence-electron chi connectivity index (χ3n) is 2.77. The van der Waals surface area contributed by atoms with Crippen molar-refractivity contribution in [3.8, 4) is 11.3 Å². The molecule has 0 bridgehead atoms. The molecule has 1 unspecified atom stereocenters. The predicted octanol–water partition coefficient (Wildman–Crippen LogP) is 3.13. The summed E-state index contributed by atoms with van der Waals surface area (Å²) in [5.74, 6) is 0. The minimum atomic E-state index is 0.178. The van der Waals surface area contributed by atoms with Gasteiger partial charge >= 0.3 is 0 Å². The Balaban J connectivity index is 2.37. The Hall–Kier alpha value is -1.35. The summed E-state index contributed by atoms with van der Waals surface area (Å²) in [6.45, 7) is 0. The summed E-state index contributed by atoms with van der Waals surface area (Å²) in [6, 6.07) is 10.1. The normalized spacial score (nSPS) is 17.3. The van der Waals surface area contributed by atoms with Gasteiger partial charge in [-0.05, 0) is 11.6 Å². The van der Waals surface area contributed by atoms with Gasteiger partial charge in [-0.15, -0.1) is 0 Å². The molecule has 1 heterocycles. The average Bonchev–Trinajstić information content (AvgIpc) is 2.55. The monoisotopic (exact) mass is 260 g/mol. The van der Waals surface area contributed by atoms with Gasteiger partial charge in [0.05, 0.1) is 10.5 Å². The molecule has 0 amide bonds. The Kier molecular flexibility index (Phi) is 1.83. The summed E-state index contributed by atoms with van der Waals surface area (Å²) in [5.41, 5.74) is 11.3. The number of alkyl halides is 1. The first-order valence-corrected chi connectivity index (χ1v) is 5.68. The van der Waals surface area contributed by atoms with Crippen molar-refractivity contribution in [3.05, 3.63) is 47.7 Å². The number of anilines is 1. The van der Waals surface area contributed by atoms with Gasteiger partial charge in [0.15, 0.2) is 0 Å². The van der Waals surface area contributed by atoms with Crippen LogP contribution in [0.15, 0.2) is 36.5 Å². The third kappa shape index (κ3) is 1.13. The van der Waals surface area contributed by atoms with Crippen LogP contribution in [0, 0.1) is 0 Å². The zero-order chi connectivity index (χ0) is 10.4. The van der Waals surface area contributed by atoms with Crippen molar-refractivity contribution >= 4 is 21.6 Å². The van der Waals surface area contributed by atoms with Gasteiger partial charge in [-0.25, -0.2) is 0 Å². The molecule has 2 nitrogen and oxygen atoms in total. The van der Waals surface area contributed by atoms with Crippen molar-refractivity contribution in [2.24, 2.45) is 0 Å². The molecule has 1 aliphatic rings. The molecule has 2 aromatic rings. The smallest absolute Gasteiger partial charge is 0.0772 e. The molecule has 15 heavy (non-hydrogen) atoms. The minimum absolute atomic E-state index is 0.178. The predicted molar refractivity (Wildman–Crippen MR) is 64.9 cm³/mol. The summed E-state index contributed by atoms with van der Waals surface area (Å²) in [5, 5.41) is 0. The molecule has 2 N–H and O–H groups in total. The van der Waals surface area contributed by atoms with Gasteiger partial charge in [0, 0.05) is 23.0 Å². The number of hydrogen-bond acceptors (Lipinski definition) is 2. The quantitative estimate of drug-likeness (QED) is 0.740. The largest absolute Gasteiger partial charge is 0.398 e. The van der Waals surface area contributed by atoms with Crippen molar-refractivity contribution in [2.45, 2.75) is 4.83 Å². The van der Waals surface area contributed by atoms with Crippen LogP contribution in [0.2, 0.25) is 0 Å². The Morgan fingerprint density at radius 2 is 2.00 bits per heavy atom. The third-order valence-corrected chi connectivity index (χ3v) is 3.72. The van der Waals surface area contributed by atoms with Crippen molar-refractivity contribution in [3.63, 3.8) is 0 Å². The standard InChI is InChI=1S/C12H9BrN2/c13-11-7-3-1-2-4-8(7)12-10(11)9(14)5-6-15-12/h1-6,11H,(H2,14,15). The van der Waals surface area contributed by atoms with E-state index >= 15 is 0 Å². The zero-order valence-electron chi connectivity index (χ0n) is 7.94. The van der Waals surface area contributed by atoms with E-state index in [-0.39, 0.29) is 4.83 Å². The van der Waals surface area contributed by atoms with E-state index in [1.54, 1.807) is 6.20 Å². The number of hydrogen-bond donors (Lipinski definition) is 1. The molecule has 0 aliphatic heterocycles. The summed E-state index contributed by atoms with van der Waals surface area (Å²) >= 11 is 3.67. The number of nitrogens with zero attached hydrogens (tertiary/aromatic N) is 1. The lowest BCUT2D eigenvalue weighted by atomic mass is 10.1. The van der Waals surface area contributed by atoms with E-state index in [4.69, 9.17) is 5.73 Å². The molecule has 1 aromatic heterocycles. The lowest BCUT2D eigenvalue weighted by Crippen LogP contribution is -1.95. The molecule has 0 radical (unpaired) electrons. The van der Waals surface area contributed by atoms with Gasteiger partial charge in [0.25, 0.3) is 0 Å². The maximum absolute atomic E-state index is 5.97. The molecule has 1 aromatic carbocycles. The molecule has 1 aliphatic carbocycles. The Morgan fingerprint density at radius 1 is 1.20 bits per heavy atom. The van der Waals surface area contributed by atoms with E-state index in [1.807, 2.05) is 18.2 Å². The Morgan fingerprint density at radius 3 is 2.87 bits per heavy atom.